The highest BCUT2D eigenvalue weighted by atomic mass is 16.7. The molecule has 2 saturated carbocycles. The molecule has 0 aromatic rings. The van der Waals surface area contributed by atoms with Crippen molar-refractivity contribution in [2.24, 2.45) is 17.8 Å². The lowest BCUT2D eigenvalue weighted by Crippen LogP contribution is -2.33. The molecule has 2 aliphatic carbocycles. The van der Waals surface area contributed by atoms with Gasteiger partial charge in [0.1, 0.15) is 6.10 Å². The average molecular weight is 441 g/mol. The third-order valence-electron chi connectivity index (χ3n) is 6.71. The molecular weight excluding hydrogens is 400 g/mol. The second kappa shape index (κ2) is 13.0. The van der Waals surface area contributed by atoms with Crippen LogP contribution in [0.5, 0.6) is 0 Å². The topological polar surface area (TPSA) is 88.1 Å². The fraction of sp³-hybridized carbons (Fsp3) is 0.875. The van der Waals surface area contributed by atoms with Crippen molar-refractivity contribution in [3.8, 4) is 0 Å². The van der Waals surface area contributed by atoms with Gasteiger partial charge in [-0.05, 0) is 71.1 Å². The Morgan fingerprint density at radius 2 is 1.32 bits per heavy atom. The highest BCUT2D eigenvalue weighted by Gasteiger charge is 2.33. The Kier molecular flexibility index (Phi) is 10.8. The summed E-state index contributed by atoms with van der Waals surface area (Å²) in [5, 5.41) is 0. The number of ether oxygens (including phenoxy) is 4. The van der Waals surface area contributed by atoms with E-state index in [1.807, 2.05) is 27.7 Å². The molecule has 2 atom stereocenters. The molecule has 0 aromatic carbocycles. The molecule has 0 radical (unpaired) electrons. The first-order valence-corrected chi connectivity index (χ1v) is 12.0. The van der Waals surface area contributed by atoms with Gasteiger partial charge in [-0.2, -0.15) is 0 Å². The van der Waals surface area contributed by atoms with Gasteiger partial charge in [0, 0.05) is 0 Å². The van der Waals surface area contributed by atoms with E-state index in [0.717, 1.165) is 38.5 Å². The van der Waals surface area contributed by atoms with Crippen molar-refractivity contribution < 1.29 is 33.3 Å². The number of carbonyl (C=O) groups is 3. The molecule has 0 amide bonds. The van der Waals surface area contributed by atoms with Crippen LogP contribution in [0.2, 0.25) is 0 Å². The average Bonchev–Trinajstić information content (AvgIpc) is 2.79. The normalized spacial score (nSPS) is 28.3. The minimum Gasteiger partial charge on any atom is -0.462 e. The lowest BCUT2D eigenvalue weighted by atomic mass is 9.86. The largest absolute Gasteiger partial charge is 0.462 e. The van der Waals surface area contributed by atoms with Gasteiger partial charge >= 0.3 is 17.9 Å². The van der Waals surface area contributed by atoms with Crippen LogP contribution in [0.4, 0.5) is 0 Å². The molecule has 0 bridgehead atoms. The van der Waals surface area contributed by atoms with Gasteiger partial charge in [0.05, 0.1) is 30.0 Å². The Labute approximate surface area is 186 Å². The number of hydrogen-bond acceptors (Lipinski definition) is 7. The summed E-state index contributed by atoms with van der Waals surface area (Å²) in [6.45, 7) is 7.66. The molecule has 0 spiro atoms. The van der Waals surface area contributed by atoms with Gasteiger partial charge in [0.15, 0.2) is 6.79 Å². The number of carbonyl (C=O) groups excluding carboxylic acids is 3. The van der Waals surface area contributed by atoms with Crippen LogP contribution in [0.25, 0.3) is 0 Å². The van der Waals surface area contributed by atoms with E-state index in [0.29, 0.717) is 25.7 Å². The number of hydrogen-bond donors (Lipinski definition) is 0. The Balaban J connectivity index is 1.62. The van der Waals surface area contributed by atoms with Gasteiger partial charge in [0.2, 0.25) is 0 Å². The summed E-state index contributed by atoms with van der Waals surface area (Å²) in [6, 6.07) is 0. The maximum absolute atomic E-state index is 12.6. The molecule has 2 rings (SSSR count). The van der Waals surface area contributed by atoms with Crippen LogP contribution in [0, 0.1) is 17.8 Å². The van der Waals surface area contributed by atoms with Gasteiger partial charge in [-0.25, -0.2) is 0 Å². The fourth-order valence-electron chi connectivity index (χ4n) is 4.02. The highest BCUT2D eigenvalue weighted by Crippen LogP contribution is 2.31. The molecule has 0 aromatic heterocycles. The molecule has 0 saturated heterocycles. The Bertz CT molecular complexity index is 574. The lowest BCUT2D eigenvalue weighted by molar-refractivity contribution is -0.168. The van der Waals surface area contributed by atoms with Gasteiger partial charge in [-0.1, -0.05) is 20.8 Å². The lowest BCUT2D eigenvalue weighted by Gasteiger charge is -2.31. The highest BCUT2D eigenvalue weighted by molar-refractivity contribution is 5.74. The van der Waals surface area contributed by atoms with Crippen LogP contribution in [-0.4, -0.2) is 43.0 Å². The summed E-state index contributed by atoms with van der Waals surface area (Å²) < 4.78 is 22.0. The zero-order valence-corrected chi connectivity index (χ0v) is 19.6. The van der Waals surface area contributed by atoms with Gasteiger partial charge in [-0.15, -0.1) is 0 Å². The van der Waals surface area contributed by atoms with Crippen LogP contribution in [-0.2, 0) is 33.3 Å². The predicted molar refractivity (Wildman–Crippen MR) is 115 cm³/mol. The van der Waals surface area contributed by atoms with Crippen LogP contribution >= 0.6 is 0 Å². The van der Waals surface area contributed by atoms with Crippen LogP contribution in [0.1, 0.15) is 91.9 Å². The Morgan fingerprint density at radius 3 is 1.87 bits per heavy atom. The zero-order chi connectivity index (χ0) is 22.8. The van der Waals surface area contributed by atoms with E-state index in [1.165, 1.54) is 0 Å². The van der Waals surface area contributed by atoms with Crippen LogP contribution in [0.3, 0.4) is 0 Å². The second-order valence-corrected chi connectivity index (χ2v) is 9.10. The van der Waals surface area contributed by atoms with Gasteiger partial charge in [0.25, 0.3) is 0 Å². The second-order valence-electron chi connectivity index (χ2n) is 9.10. The maximum atomic E-state index is 12.6. The molecule has 31 heavy (non-hydrogen) atoms. The minimum absolute atomic E-state index is 0.0146. The molecule has 2 aliphatic rings. The summed E-state index contributed by atoms with van der Waals surface area (Å²) in [6.07, 6.45) is 7.24. The number of rotatable bonds is 10. The van der Waals surface area contributed by atoms with E-state index >= 15 is 0 Å². The van der Waals surface area contributed by atoms with E-state index in [2.05, 4.69) is 0 Å². The summed E-state index contributed by atoms with van der Waals surface area (Å²) in [5.74, 6) is -0.779. The number of esters is 3. The van der Waals surface area contributed by atoms with Crippen molar-refractivity contribution in [1.29, 1.82) is 0 Å². The van der Waals surface area contributed by atoms with E-state index in [-0.39, 0.29) is 60.8 Å². The van der Waals surface area contributed by atoms with Gasteiger partial charge in [-0.3, -0.25) is 14.4 Å². The van der Waals surface area contributed by atoms with Crippen molar-refractivity contribution in [2.75, 3.05) is 6.79 Å². The summed E-state index contributed by atoms with van der Waals surface area (Å²) >= 11 is 0. The first-order chi connectivity index (χ1) is 14.8. The zero-order valence-electron chi connectivity index (χ0n) is 19.6. The van der Waals surface area contributed by atoms with Gasteiger partial charge < -0.3 is 18.9 Å². The van der Waals surface area contributed by atoms with Crippen molar-refractivity contribution >= 4 is 17.9 Å². The first kappa shape index (κ1) is 25.6. The molecular formula is C24H40O7. The van der Waals surface area contributed by atoms with E-state index in [4.69, 9.17) is 18.9 Å². The first-order valence-electron chi connectivity index (χ1n) is 12.0. The molecule has 0 aliphatic heterocycles. The molecule has 7 heteroatoms. The smallest absolute Gasteiger partial charge is 0.310 e. The predicted octanol–water partition coefficient (Wildman–Crippen LogP) is 4.55. The molecule has 7 nitrogen and oxygen atoms in total. The summed E-state index contributed by atoms with van der Waals surface area (Å²) in [5.41, 5.74) is 0. The van der Waals surface area contributed by atoms with Crippen molar-refractivity contribution in [3.05, 3.63) is 0 Å². The fourth-order valence-corrected chi connectivity index (χ4v) is 4.02. The summed E-state index contributed by atoms with van der Waals surface area (Å²) in [7, 11) is 0. The van der Waals surface area contributed by atoms with Crippen LogP contribution in [0.15, 0.2) is 0 Å². The van der Waals surface area contributed by atoms with Crippen LogP contribution < -0.4 is 0 Å². The van der Waals surface area contributed by atoms with E-state index in [1.54, 1.807) is 0 Å². The van der Waals surface area contributed by atoms with Crippen molar-refractivity contribution in [3.63, 3.8) is 0 Å². The Morgan fingerprint density at radius 1 is 0.774 bits per heavy atom. The standard InChI is InChI=1S/C24H40O7/c1-5-16(3)22(25)29-15-28-20-11-7-19(8-12-20)24(27)31-21-13-9-18(10-14-21)23(26)30-17(4)6-2/h16-21H,5-15H2,1-4H3. The maximum Gasteiger partial charge on any atom is 0.310 e. The van der Waals surface area contributed by atoms with Crippen molar-refractivity contribution in [1.82, 2.24) is 0 Å². The van der Waals surface area contributed by atoms with Crippen molar-refractivity contribution in [2.45, 2.75) is 110 Å². The third kappa shape index (κ3) is 8.43. The van der Waals surface area contributed by atoms with E-state index in [9.17, 15) is 14.4 Å². The minimum atomic E-state index is -0.234. The monoisotopic (exact) mass is 440 g/mol. The quantitative estimate of drug-likeness (QED) is 0.280. The summed E-state index contributed by atoms with van der Waals surface area (Å²) in [4.78, 5) is 36.4. The molecule has 178 valence electrons. The SMILES string of the molecule is CCC(C)OC(=O)C1CCC(OC(=O)C2CCC(OCOC(=O)C(C)CC)CC2)CC1. The molecule has 0 heterocycles. The molecule has 2 fully saturated rings. The molecule has 2 unspecified atom stereocenters. The molecule has 0 N–H and O–H groups in total. The third-order valence-corrected chi connectivity index (χ3v) is 6.71. The Hall–Kier alpha value is -1.63. The van der Waals surface area contributed by atoms with E-state index < -0.39 is 0 Å².